The Morgan fingerprint density at radius 1 is 0.354 bits per heavy atom. The van der Waals surface area contributed by atoms with Gasteiger partial charge < -0.3 is 28.4 Å². The largest absolute Gasteiger partial charge is 0.494 e. The van der Waals surface area contributed by atoms with Crippen molar-refractivity contribution in [3.05, 3.63) is 144 Å². The Kier molecular flexibility index (Phi) is 22.0. The van der Waals surface area contributed by atoms with E-state index < -0.39 is 23.9 Å². The second kappa shape index (κ2) is 28.7. The number of unbranched alkanes of at least 4 members (excludes halogenated alkanes) is 14. The zero-order valence-electron chi connectivity index (χ0n) is 37.5. The molecule has 0 unspecified atom stereocenters. The minimum absolute atomic E-state index is 0.152. The summed E-state index contributed by atoms with van der Waals surface area (Å²) in [5, 5.41) is 0. The molecule has 0 aliphatic heterocycles. The van der Waals surface area contributed by atoms with Crippen molar-refractivity contribution in [3.8, 4) is 34.5 Å². The second-order valence-electron chi connectivity index (χ2n) is 15.9. The molecular weight excluding hydrogens is 841 g/mol. The van der Waals surface area contributed by atoms with Gasteiger partial charge in [0.05, 0.1) is 35.5 Å². The summed E-state index contributed by atoms with van der Waals surface area (Å²) >= 11 is 4.26. The van der Waals surface area contributed by atoms with E-state index in [0.717, 1.165) is 31.4 Å². The van der Waals surface area contributed by atoms with Crippen LogP contribution < -0.4 is 28.4 Å². The molecule has 0 spiro atoms. The normalized spacial score (nSPS) is 10.8. The summed E-state index contributed by atoms with van der Waals surface area (Å²) in [6, 6.07) is 31.7. The Morgan fingerprint density at radius 3 is 0.985 bits per heavy atom. The zero-order chi connectivity index (χ0) is 45.9. The average Bonchev–Trinajstić information content (AvgIpc) is 3.32. The number of hydrogen-bond acceptors (Lipinski definition) is 11. The number of carbonyl (C=O) groups excluding carboxylic acids is 4. The molecule has 10 nitrogen and oxygen atoms in total. The number of benzene rings is 5. The lowest BCUT2D eigenvalue weighted by Gasteiger charge is -2.09. The highest BCUT2D eigenvalue weighted by Crippen LogP contribution is 2.24. The summed E-state index contributed by atoms with van der Waals surface area (Å²) in [5.74, 6) is 0.777. The van der Waals surface area contributed by atoms with Crippen molar-refractivity contribution in [3.63, 3.8) is 0 Å². The van der Waals surface area contributed by atoms with Gasteiger partial charge in [-0.05, 0) is 134 Å². The molecule has 0 fully saturated rings. The van der Waals surface area contributed by atoms with Crippen molar-refractivity contribution >= 4 is 36.5 Å². The van der Waals surface area contributed by atoms with Crippen LogP contribution in [0.25, 0.3) is 0 Å². The van der Waals surface area contributed by atoms with Crippen molar-refractivity contribution in [2.24, 2.45) is 0 Å². The van der Waals surface area contributed by atoms with Crippen LogP contribution in [0.15, 0.2) is 121 Å². The van der Waals surface area contributed by atoms with Gasteiger partial charge in [-0.2, -0.15) is 12.6 Å². The van der Waals surface area contributed by atoms with E-state index in [1.807, 2.05) is 0 Å². The van der Waals surface area contributed by atoms with Crippen LogP contribution in [-0.4, -0.2) is 42.8 Å². The Labute approximate surface area is 389 Å². The Balaban J connectivity index is 0.994. The number of esters is 4. The highest BCUT2D eigenvalue weighted by atomic mass is 32.1. The molecule has 0 radical (unpaired) electrons. The second-order valence-corrected chi connectivity index (χ2v) is 16.3. The van der Waals surface area contributed by atoms with E-state index >= 15 is 0 Å². The van der Waals surface area contributed by atoms with Crippen LogP contribution in [0, 0.1) is 0 Å². The Bertz CT molecular complexity index is 2190. The first-order chi connectivity index (χ1) is 31.8. The molecule has 0 aliphatic carbocycles. The van der Waals surface area contributed by atoms with Crippen LogP contribution in [0.5, 0.6) is 34.5 Å². The summed E-state index contributed by atoms with van der Waals surface area (Å²) in [6.07, 6.45) is 19.4. The minimum atomic E-state index is -0.662. The maximum absolute atomic E-state index is 13.0. The van der Waals surface area contributed by atoms with Crippen LogP contribution in [0.3, 0.4) is 0 Å². The number of hydrogen-bond donors (Lipinski definition) is 1. The Morgan fingerprint density at radius 2 is 0.646 bits per heavy atom. The van der Waals surface area contributed by atoms with Crippen molar-refractivity contribution in [1.29, 1.82) is 0 Å². The molecule has 0 aromatic heterocycles. The van der Waals surface area contributed by atoms with Crippen LogP contribution in [0.1, 0.15) is 151 Å². The maximum Gasteiger partial charge on any atom is 0.343 e. The van der Waals surface area contributed by atoms with Gasteiger partial charge in [-0.3, -0.25) is 0 Å². The smallest absolute Gasteiger partial charge is 0.343 e. The number of ether oxygens (including phenoxy) is 6. The van der Waals surface area contributed by atoms with Crippen LogP contribution in [0.4, 0.5) is 0 Å². The van der Waals surface area contributed by atoms with E-state index in [9.17, 15) is 19.2 Å². The highest BCUT2D eigenvalue weighted by molar-refractivity contribution is 7.80. The van der Waals surface area contributed by atoms with Crippen LogP contribution in [-0.2, 0) is 0 Å². The molecule has 0 amide bonds. The van der Waals surface area contributed by atoms with Crippen molar-refractivity contribution in [2.75, 3.05) is 19.0 Å². The molecule has 11 heteroatoms. The van der Waals surface area contributed by atoms with E-state index in [1.165, 1.54) is 132 Å². The minimum Gasteiger partial charge on any atom is -0.494 e. The molecule has 344 valence electrons. The quantitative estimate of drug-likeness (QED) is 0.0215. The lowest BCUT2D eigenvalue weighted by atomic mass is 10.1. The molecule has 0 N–H and O–H groups in total. The summed E-state index contributed by atoms with van der Waals surface area (Å²) in [6.45, 7) is 3.49. The van der Waals surface area contributed by atoms with Gasteiger partial charge in [-0.1, -0.05) is 96.5 Å². The van der Waals surface area contributed by atoms with Gasteiger partial charge in [0.1, 0.15) is 34.5 Å². The molecule has 0 atom stereocenters. The van der Waals surface area contributed by atoms with E-state index in [1.54, 1.807) is 66.7 Å². The van der Waals surface area contributed by atoms with E-state index in [-0.39, 0.29) is 34.1 Å². The molecule has 5 aromatic carbocycles. The number of carbonyl (C=O) groups is 4. The third-order valence-corrected chi connectivity index (χ3v) is 10.9. The van der Waals surface area contributed by atoms with Gasteiger partial charge in [0, 0.05) is 6.07 Å². The molecule has 0 heterocycles. The monoisotopic (exact) mass is 902 g/mol. The lowest BCUT2D eigenvalue weighted by Crippen LogP contribution is -2.11. The fraction of sp³-hybridized carbons (Fsp3) is 0.370. The number of rotatable bonds is 29. The summed E-state index contributed by atoms with van der Waals surface area (Å²) in [5.41, 5.74) is 1.17. The predicted molar refractivity (Wildman–Crippen MR) is 256 cm³/mol. The topological polar surface area (TPSA) is 124 Å². The van der Waals surface area contributed by atoms with E-state index in [4.69, 9.17) is 28.4 Å². The zero-order valence-corrected chi connectivity index (χ0v) is 38.4. The fourth-order valence-electron chi connectivity index (χ4n) is 6.85. The third kappa shape index (κ3) is 18.5. The fourth-order valence-corrected chi connectivity index (χ4v) is 7.07. The van der Waals surface area contributed by atoms with Gasteiger partial charge in [0.15, 0.2) is 0 Å². The van der Waals surface area contributed by atoms with Gasteiger partial charge in [-0.25, -0.2) is 19.2 Å². The van der Waals surface area contributed by atoms with Crippen molar-refractivity contribution < 1.29 is 47.6 Å². The Hall–Kier alpha value is -6.07. The molecule has 0 bridgehead atoms. The third-order valence-electron chi connectivity index (χ3n) is 10.6. The molecule has 0 saturated carbocycles. The summed E-state index contributed by atoms with van der Waals surface area (Å²) in [7, 11) is 0. The first kappa shape index (κ1) is 49.9. The van der Waals surface area contributed by atoms with Crippen LogP contribution in [0.2, 0.25) is 0 Å². The summed E-state index contributed by atoms with van der Waals surface area (Å²) in [4.78, 5) is 51.5. The van der Waals surface area contributed by atoms with E-state index in [2.05, 4.69) is 19.6 Å². The summed E-state index contributed by atoms with van der Waals surface area (Å²) < 4.78 is 33.8. The van der Waals surface area contributed by atoms with Gasteiger partial charge >= 0.3 is 23.9 Å². The molecule has 65 heavy (non-hydrogen) atoms. The van der Waals surface area contributed by atoms with E-state index in [0.29, 0.717) is 35.8 Å². The molecule has 0 aliphatic rings. The van der Waals surface area contributed by atoms with Crippen LogP contribution >= 0.6 is 12.6 Å². The van der Waals surface area contributed by atoms with Gasteiger partial charge in [0.25, 0.3) is 0 Å². The predicted octanol–water partition coefficient (Wildman–Crippen LogP) is 13.5. The first-order valence-corrected chi connectivity index (χ1v) is 23.7. The average molecular weight is 903 g/mol. The SMILES string of the molecule is CCCCCCCCCCOc1ccc(C(=O)Oc2ccc(C(=O)Oc3cccc(OC(=O)c4ccc(OC(=O)c5ccc(OCCCCCCCCCCS)cc5)cc4)c3)cc2)cc1. The molecular formula is C54H62O10S. The maximum atomic E-state index is 13.0. The van der Waals surface area contributed by atoms with Gasteiger partial charge in [-0.15, -0.1) is 0 Å². The molecule has 0 saturated heterocycles. The lowest BCUT2D eigenvalue weighted by molar-refractivity contribution is 0.0723. The standard InChI is InChI=1S/C54H62O10S/c1-2-3-4-5-6-9-12-15-37-59-45-29-21-41(22-30-45)51(55)61-47-33-25-43(26-34-47)53(57)63-49-19-18-20-50(40-49)64-54(58)44-27-35-48(36-28-44)62-52(56)42-23-31-46(32-24-42)60-38-16-13-10-7-8-11-14-17-39-65/h18-36,40,65H,2-17,37-39H2,1H3. The number of thiol groups is 1. The van der Waals surface area contributed by atoms with Gasteiger partial charge in [0.2, 0.25) is 0 Å². The highest BCUT2D eigenvalue weighted by Gasteiger charge is 2.15. The van der Waals surface area contributed by atoms with Crippen molar-refractivity contribution in [2.45, 2.75) is 110 Å². The molecule has 5 aromatic rings. The molecule has 5 rings (SSSR count). The first-order valence-electron chi connectivity index (χ1n) is 23.1. The van der Waals surface area contributed by atoms with Crippen molar-refractivity contribution in [1.82, 2.24) is 0 Å².